The van der Waals surface area contributed by atoms with Crippen LogP contribution in [-0.2, 0) is 9.53 Å². The molecule has 28 heavy (non-hydrogen) atoms. The lowest BCUT2D eigenvalue weighted by atomic mass is 9.99. The summed E-state index contributed by atoms with van der Waals surface area (Å²) in [7, 11) is 0. The summed E-state index contributed by atoms with van der Waals surface area (Å²) in [6.07, 6.45) is -0.0318. The van der Waals surface area contributed by atoms with Crippen molar-refractivity contribution in [2.24, 2.45) is 0 Å². The smallest absolute Gasteiger partial charge is 0.253 e. The average molecular weight is 374 g/mol. The zero-order valence-electron chi connectivity index (χ0n) is 16.4. The fraction of sp³-hybridized carbons (Fsp3) is 0.292. The molecular weight excluding hydrogens is 348 g/mol. The Labute approximate surface area is 166 Å². The SMILES string of the molecule is Cc1cccc(N2CC(CNC(C)c3cccc4ccccc34)OCC2=O)c1. The molecule has 2 atom stereocenters. The number of nitrogens with one attached hydrogen (secondary N) is 1. The van der Waals surface area contributed by atoms with E-state index in [0.717, 1.165) is 11.3 Å². The van der Waals surface area contributed by atoms with Gasteiger partial charge in [0.15, 0.2) is 0 Å². The molecule has 1 aliphatic heterocycles. The highest BCUT2D eigenvalue weighted by Crippen LogP contribution is 2.24. The first kappa shape index (κ1) is 18.7. The molecule has 0 saturated carbocycles. The fourth-order valence-electron chi connectivity index (χ4n) is 3.84. The summed E-state index contributed by atoms with van der Waals surface area (Å²) in [4.78, 5) is 14.2. The zero-order chi connectivity index (χ0) is 19.5. The number of hydrogen-bond acceptors (Lipinski definition) is 3. The van der Waals surface area contributed by atoms with Gasteiger partial charge in [-0.2, -0.15) is 0 Å². The maximum Gasteiger partial charge on any atom is 0.253 e. The molecule has 2 unspecified atom stereocenters. The summed E-state index contributed by atoms with van der Waals surface area (Å²) in [6, 6.07) is 23.1. The van der Waals surface area contributed by atoms with Crippen LogP contribution < -0.4 is 10.2 Å². The van der Waals surface area contributed by atoms with E-state index in [9.17, 15) is 4.79 Å². The molecule has 0 spiro atoms. The van der Waals surface area contributed by atoms with Gasteiger partial charge in [-0.05, 0) is 47.9 Å². The third kappa shape index (κ3) is 3.93. The summed E-state index contributed by atoms with van der Waals surface area (Å²) in [6.45, 7) is 5.61. The second kappa shape index (κ2) is 8.13. The van der Waals surface area contributed by atoms with Crippen molar-refractivity contribution in [2.45, 2.75) is 26.0 Å². The Morgan fingerprint density at radius 2 is 1.89 bits per heavy atom. The fourth-order valence-corrected chi connectivity index (χ4v) is 3.84. The number of hydrogen-bond donors (Lipinski definition) is 1. The molecule has 3 aromatic rings. The Bertz CT molecular complexity index is 980. The normalized spacial score (nSPS) is 18.4. The number of aryl methyl sites for hydroxylation is 1. The molecule has 0 bridgehead atoms. The van der Waals surface area contributed by atoms with Crippen LogP contribution in [0.1, 0.15) is 24.1 Å². The van der Waals surface area contributed by atoms with Gasteiger partial charge in [0.2, 0.25) is 0 Å². The molecular formula is C24H26N2O2. The molecule has 1 N–H and O–H groups in total. The zero-order valence-corrected chi connectivity index (χ0v) is 16.4. The first-order chi connectivity index (χ1) is 13.6. The minimum Gasteiger partial charge on any atom is -0.365 e. The molecule has 3 aromatic carbocycles. The second-order valence-electron chi connectivity index (χ2n) is 7.47. The van der Waals surface area contributed by atoms with Crippen molar-refractivity contribution >= 4 is 22.4 Å². The Kier molecular flexibility index (Phi) is 5.42. The second-order valence-corrected chi connectivity index (χ2v) is 7.47. The number of carbonyl (C=O) groups excluding carboxylic acids is 1. The van der Waals surface area contributed by atoms with E-state index in [4.69, 9.17) is 4.74 Å². The highest BCUT2D eigenvalue weighted by atomic mass is 16.5. The Hall–Kier alpha value is -2.69. The van der Waals surface area contributed by atoms with Crippen molar-refractivity contribution in [3.8, 4) is 0 Å². The van der Waals surface area contributed by atoms with Crippen LogP contribution in [0.3, 0.4) is 0 Å². The molecule has 1 heterocycles. The van der Waals surface area contributed by atoms with Crippen molar-refractivity contribution in [1.82, 2.24) is 5.32 Å². The van der Waals surface area contributed by atoms with Crippen LogP contribution in [0.5, 0.6) is 0 Å². The van der Waals surface area contributed by atoms with Gasteiger partial charge in [-0.1, -0.05) is 54.6 Å². The molecule has 4 heteroatoms. The third-order valence-corrected chi connectivity index (χ3v) is 5.38. The summed E-state index contributed by atoms with van der Waals surface area (Å²) in [5.41, 5.74) is 3.37. The Morgan fingerprint density at radius 1 is 1.11 bits per heavy atom. The molecule has 4 rings (SSSR count). The highest BCUT2D eigenvalue weighted by Gasteiger charge is 2.27. The number of benzene rings is 3. The topological polar surface area (TPSA) is 41.6 Å². The number of carbonyl (C=O) groups is 1. The van der Waals surface area contributed by atoms with Crippen LogP contribution in [0.4, 0.5) is 5.69 Å². The van der Waals surface area contributed by atoms with Crippen LogP contribution in [0.25, 0.3) is 10.8 Å². The van der Waals surface area contributed by atoms with E-state index in [1.54, 1.807) is 0 Å². The largest absolute Gasteiger partial charge is 0.365 e. The van der Waals surface area contributed by atoms with Gasteiger partial charge in [-0.15, -0.1) is 0 Å². The molecule has 1 amide bonds. The minimum atomic E-state index is -0.0318. The highest BCUT2D eigenvalue weighted by molar-refractivity contribution is 5.95. The molecule has 0 radical (unpaired) electrons. The van der Waals surface area contributed by atoms with E-state index in [2.05, 4.69) is 54.7 Å². The molecule has 1 aliphatic rings. The predicted octanol–water partition coefficient (Wildman–Crippen LogP) is 4.23. The van der Waals surface area contributed by atoms with Crippen molar-refractivity contribution < 1.29 is 9.53 Å². The van der Waals surface area contributed by atoms with Gasteiger partial charge in [0.25, 0.3) is 5.91 Å². The Balaban J connectivity index is 1.43. The van der Waals surface area contributed by atoms with Crippen molar-refractivity contribution in [1.29, 1.82) is 0 Å². The number of fused-ring (bicyclic) bond motifs is 1. The van der Waals surface area contributed by atoms with E-state index in [1.807, 2.05) is 36.1 Å². The monoisotopic (exact) mass is 374 g/mol. The number of anilines is 1. The number of rotatable bonds is 5. The van der Waals surface area contributed by atoms with Gasteiger partial charge in [-0.25, -0.2) is 0 Å². The molecule has 1 saturated heterocycles. The van der Waals surface area contributed by atoms with Crippen molar-refractivity contribution in [3.05, 3.63) is 77.9 Å². The van der Waals surface area contributed by atoms with E-state index >= 15 is 0 Å². The van der Waals surface area contributed by atoms with Crippen LogP contribution >= 0.6 is 0 Å². The summed E-state index contributed by atoms with van der Waals surface area (Å²) in [5, 5.41) is 6.11. The average Bonchev–Trinajstić information content (AvgIpc) is 2.72. The number of amides is 1. The third-order valence-electron chi connectivity index (χ3n) is 5.38. The van der Waals surface area contributed by atoms with Gasteiger partial charge < -0.3 is 15.0 Å². The predicted molar refractivity (Wildman–Crippen MR) is 114 cm³/mol. The molecule has 1 fully saturated rings. The molecule has 0 aromatic heterocycles. The number of ether oxygens (including phenoxy) is 1. The van der Waals surface area contributed by atoms with Gasteiger partial charge in [0.05, 0.1) is 12.6 Å². The van der Waals surface area contributed by atoms with Crippen LogP contribution in [0.2, 0.25) is 0 Å². The van der Waals surface area contributed by atoms with Crippen molar-refractivity contribution in [3.63, 3.8) is 0 Å². The quantitative estimate of drug-likeness (QED) is 0.727. The standard InChI is InChI=1S/C24H26N2O2/c1-17-7-5-10-20(13-17)26-15-21(28-16-24(26)27)14-25-18(2)22-12-6-9-19-8-3-4-11-23(19)22/h3-13,18,21,25H,14-16H2,1-2H3. The lowest BCUT2D eigenvalue weighted by Gasteiger charge is -2.33. The molecule has 4 nitrogen and oxygen atoms in total. The first-order valence-corrected chi connectivity index (χ1v) is 9.81. The Morgan fingerprint density at radius 3 is 2.75 bits per heavy atom. The van der Waals surface area contributed by atoms with Gasteiger partial charge in [0.1, 0.15) is 6.61 Å². The van der Waals surface area contributed by atoms with Crippen LogP contribution in [0.15, 0.2) is 66.7 Å². The lowest BCUT2D eigenvalue weighted by molar-refractivity contribution is -0.129. The number of nitrogens with zero attached hydrogens (tertiary/aromatic N) is 1. The first-order valence-electron chi connectivity index (χ1n) is 9.81. The van der Waals surface area contributed by atoms with E-state index in [0.29, 0.717) is 13.1 Å². The van der Waals surface area contributed by atoms with Crippen molar-refractivity contribution in [2.75, 3.05) is 24.6 Å². The number of morpholine rings is 1. The summed E-state index contributed by atoms with van der Waals surface area (Å²) < 4.78 is 5.79. The minimum absolute atomic E-state index is 0.0175. The summed E-state index contributed by atoms with van der Waals surface area (Å²) >= 11 is 0. The van der Waals surface area contributed by atoms with Gasteiger partial charge >= 0.3 is 0 Å². The van der Waals surface area contributed by atoms with E-state index < -0.39 is 0 Å². The van der Waals surface area contributed by atoms with Crippen LogP contribution in [0, 0.1) is 6.92 Å². The lowest BCUT2D eigenvalue weighted by Crippen LogP contribution is -2.50. The molecule has 144 valence electrons. The van der Waals surface area contributed by atoms with Gasteiger partial charge in [-0.3, -0.25) is 4.79 Å². The van der Waals surface area contributed by atoms with E-state index in [-0.39, 0.29) is 24.7 Å². The van der Waals surface area contributed by atoms with Crippen LogP contribution in [-0.4, -0.2) is 31.7 Å². The summed E-state index contributed by atoms with van der Waals surface area (Å²) in [5.74, 6) is 0.0175. The van der Waals surface area contributed by atoms with E-state index in [1.165, 1.54) is 16.3 Å². The molecule has 0 aliphatic carbocycles. The maximum absolute atomic E-state index is 12.3. The van der Waals surface area contributed by atoms with Gasteiger partial charge in [0, 0.05) is 18.3 Å². The maximum atomic E-state index is 12.3.